The van der Waals surface area contributed by atoms with Crippen molar-refractivity contribution in [2.75, 3.05) is 6.26 Å². The second-order valence-corrected chi connectivity index (χ2v) is 7.06. The Balaban J connectivity index is 2.29. The predicted molar refractivity (Wildman–Crippen MR) is 111 cm³/mol. The van der Waals surface area contributed by atoms with Crippen LogP contribution in [0.5, 0.6) is 0 Å². The molecule has 0 saturated carbocycles. The van der Waals surface area contributed by atoms with E-state index in [0.717, 1.165) is 22.5 Å². The van der Waals surface area contributed by atoms with Crippen molar-refractivity contribution in [3.8, 4) is 16.8 Å². The first-order valence-corrected chi connectivity index (χ1v) is 9.77. The van der Waals surface area contributed by atoms with Gasteiger partial charge in [0.2, 0.25) is 0 Å². The maximum atomic E-state index is 12.3. The fourth-order valence-electron chi connectivity index (χ4n) is 2.85. The lowest BCUT2D eigenvalue weighted by atomic mass is 10.00. The van der Waals surface area contributed by atoms with Crippen molar-refractivity contribution < 1.29 is 4.79 Å². The molecule has 3 rings (SSSR count). The van der Waals surface area contributed by atoms with Gasteiger partial charge in [-0.15, -0.1) is 11.8 Å². The third-order valence-corrected chi connectivity index (χ3v) is 4.64. The van der Waals surface area contributed by atoms with Crippen molar-refractivity contribution in [3.63, 3.8) is 0 Å². The van der Waals surface area contributed by atoms with Crippen LogP contribution in [0.2, 0.25) is 0 Å². The highest BCUT2D eigenvalue weighted by Crippen LogP contribution is 2.32. The van der Waals surface area contributed by atoms with Gasteiger partial charge >= 0.3 is 0 Å². The highest BCUT2D eigenvalue weighted by Gasteiger charge is 2.21. The number of hydrogen-bond donors (Lipinski definition) is 0. The largest absolute Gasteiger partial charge is 0.293 e. The molecule has 0 bridgehead atoms. The van der Waals surface area contributed by atoms with E-state index < -0.39 is 0 Å². The highest BCUT2D eigenvalue weighted by atomic mass is 32.2. The first-order chi connectivity index (χ1) is 12.5. The average Bonchev–Trinajstić information content (AvgIpc) is 3.01. The number of ketones is 1. The van der Waals surface area contributed by atoms with Crippen LogP contribution >= 0.6 is 11.8 Å². The number of hydrogen-bond acceptors (Lipinski definition) is 3. The Bertz CT molecular complexity index is 951. The van der Waals surface area contributed by atoms with E-state index in [-0.39, 0.29) is 5.78 Å². The highest BCUT2D eigenvalue weighted by molar-refractivity contribution is 8.01. The number of nitrogens with zero attached hydrogens (tertiary/aromatic N) is 2. The molecule has 0 radical (unpaired) electrons. The van der Waals surface area contributed by atoms with E-state index in [1.165, 1.54) is 11.1 Å². The maximum Gasteiger partial charge on any atom is 0.180 e. The minimum absolute atomic E-state index is 0.0368. The summed E-state index contributed by atoms with van der Waals surface area (Å²) in [4.78, 5) is 12.3. The van der Waals surface area contributed by atoms with Crippen LogP contribution in [-0.4, -0.2) is 21.8 Å². The van der Waals surface area contributed by atoms with E-state index >= 15 is 0 Å². The quantitative estimate of drug-likeness (QED) is 0.547. The van der Waals surface area contributed by atoms with Gasteiger partial charge in [0.05, 0.1) is 11.4 Å². The zero-order valence-corrected chi connectivity index (χ0v) is 16.3. The molecule has 1 heterocycles. The third kappa shape index (κ3) is 3.65. The lowest BCUT2D eigenvalue weighted by Gasteiger charge is -2.07. The molecule has 0 aliphatic heterocycles. The standard InChI is InChI=1S/C22H22N2OS/c1-15-5-9-18(10-6-15)21-20(13-14-26-4)24(23-22(21)17(3)25)19-11-7-16(2)8-12-19/h5-14H,1-4H3/b14-13+. The summed E-state index contributed by atoms with van der Waals surface area (Å²) >= 11 is 1.62. The Morgan fingerprint density at radius 3 is 2.12 bits per heavy atom. The van der Waals surface area contributed by atoms with Crippen LogP contribution < -0.4 is 0 Å². The van der Waals surface area contributed by atoms with E-state index in [0.29, 0.717) is 5.69 Å². The fourth-order valence-corrected chi connectivity index (χ4v) is 3.12. The van der Waals surface area contributed by atoms with Crippen LogP contribution in [0, 0.1) is 13.8 Å². The van der Waals surface area contributed by atoms with Crippen molar-refractivity contribution in [2.24, 2.45) is 0 Å². The number of aromatic nitrogens is 2. The number of thioether (sulfide) groups is 1. The van der Waals surface area contributed by atoms with Gasteiger partial charge in [-0.2, -0.15) is 5.10 Å². The van der Waals surface area contributed by atoms with Gasteiger partial charge in [-0.3, -0.25) is 4.79 Å². The third-order valence-electron chi connectivity index (χ3n) is 4.24. The van der Waals surface area contributed by atoms with Crippen LogP contribution in [0.1, 0.15) is 34.2 Å². The van der Waals surface area contributed by atoms with Gasteiger partial charge in [0.25, 0.3) is 0 Å². The van der Waals surface area contributed by atoms with Gasteiger partial charge in [0.1, 0.15) is 5.69 Å². The van der Waals surface area contributed by atoms with E-state index in [9.17, 15) is 4.79 Å². The molecule has 0 spiro atoms. The fraction of sp³-hybridized carbons (Fsp3) is 0.182. The summed E-state index contributed by atoms with van der Waals surface area (Å²) in [6.07, 6.45) is 4.04. The molecule has 0 N–H and O–H groups in total. The molecule has 0 fully saturated rings. The SMILES string of the molecule is CS/C=C/c1c(-c2ccc(C)cc2)c(C(C)=O)nn1-c1ccc(C)cc1. The van der Waals surface area contributed by atoms with Crippen molar-refractivity contribution in [3.05, 3.63) is 76.5 Å². The summed E-state index contributed by atoms with van der Waals surface area (Å²) in [5.74, 6) is -0.0368. The molecule has 132 valence electrons. The Labute approximate surface area is 158 Å². The summed E-state index contributed by atoms with van der Waals surface area (Å²) in [7, 11) is 0. The number of Topliss-reactive ketones (excluding diaryl/α,β-unsaturated/α-hetero) is 1. The second kappa shape index (κ2) is 7.75. The first-order valence-electron chi connectivity index (χ1n) is 8.48. The van der Waals surface area contributed by atoms with Gasteiger partial charge in [-0.1, -0.05) is 47.5 Å². The molecule has 3 aromatic rings. The Hall–Kier alpha value is -2.59. The summed E-state index contributed by atoms with van der Waals surface area (Å²) in [6, 6.07) is 16.4. The molecule has 26 heavy (non-hydrogen) atoms. The van der Waals surface area contributed by atoms with Gasteiger partial charge in [-0.25, -0.2) is 4.68 Å². The van der Waals surface area contributed by atoms with Gasteiger partial charge in [0.15, 0.2) is 5.78 Å². The molecule has 0 saturated heterocycles. The van der Waals surface area contributed by atoms with E-state index in [4.69, 9.17) is 0 Å². The lowest BCUT2D eigenvalue weighted by molar-refractivity contribution is 0.101. The van der Waals surface area contributed by atoms with Crippen LogP contribution in [-0.2, 0) is 0 Å². The summed E-state index contributed by atoms with van der Waals surface area (Å²) in [5.41, 5.74) is 6.60. The van der Waals surface area contributed by atoms with Gasteiger partial charge in [-0.05, 0) is 49.3 Å². The summed E-state index contributed by atoms with van der Waals surface area (Å²) in [5, 5.41) is 6.69. The van der Waals surface area contributed by atoms with E-state index in [1.807, 2.05) is 34.6 Å². The van der Waals surface area contributed by atoms with Crippen molar-refractivity contribution in [2.45, 2.75) is 20.8 Å². The molecule has 0 aliphatic carbocycles. The minimum Gasteiger partial charge on any atom is -0.293 e. The van der Waals surface area contributed by atoms with Crippen molar-refractivity contribution in [1.82, 2.24) is 9.78 Å². The van der Waals surface area contributed by atoms with Crippen LogP contribution in [0.15, 0.2) is 53.9 Å². The molecule has 4 heteroatoms. The number of aryl methyl sites for hydroxylation is 2. The molecule has 0 unspecified atom stereocenters. The zero-order valence-electron chi connectivity index (χ0n) is 15.5. The number of carbonyl (C=O) groups is 1. The van der Waals surface area contributed by atoms with E-state index in [2.05, 4.69) is 55.3 Å². The summed E-state index contributed by atoms with van der Waals surface area (Å²) < 4.78 is 1.86. The molecule has 0 atom stereocenters. The minimum atomic E-state index is -0.0368. The van der Waals surface area contributed by atoms with Crippen LogP contribution in [0.3, 0.4) is 0 Å². The number of carbonyl (C=O) groups excluding carboxylic acids is 1. The average molecular weight is 362 g/mol. The molecule has 0 amide bonds. The van der Waals surface area contributed by atoms with Crippen molar-refractivity contribution in [1.29, 1.82) is 0 Å². The first kappa shape index (κ1) is 18.2. The zero-order chi connectivity index (χ0) is 18.7. The lowest BCUT2D eigenvalue weighted by Crippen LogP contribution is -2.01. The molecular weight excluding hydrogens is 340 g/mol. The smallest absolute Gasteiger partial charge is 0.180 e. The molecule has 0 aliphatic rings. The predicted octanol–water partition coefficient (Wildman–Crippen LogP) is 5.69. The monoisotopic (exact) mass is 362 g/mol. The Morgan fingerprint density at radius 1 is 1.00 bits per heavy atom. The second-order valence-electron chi connectivity index (χ2n) is 6.32. The molecule has 2 aromatic carbocycles. The van der Waals surface area contributed by atoms with Gasteiger partial charge in [0, 0.05) is 12.5 Å². The maximum absolute atomic E-state index is 12.3. The van der Waals surface area contributed by atoms with Crippen LogP contribution in [0.25, 0.3) is 22.9 Å². The summed E-state index contributed by atoms with van der Waals surface area (Å²) in [6.45, 7) is 5.68. The van der Waals surface area contributed by atoms with Crippen LogP contribution in [0.4, 0.5) is 0 Å². The number of benzene rings is 2. The van der Waals surface area contributed by atoms with E-state index in [1.54, 1.807) is 18.7 Å². The number of rotatable bonds is 5. The molecule has 3 nitrogen and oxygen atoms in total. The Morgan fingerprint density at radius 2 is 1.58 bits per heavy atom. The molecular formula is C22H22N2OS. The Kier molecular flexibility index (Phi) is 5.43. The normalized spacial score (nSPS) is 11.2. The molecule has 1 aromatic heterocycles. The van der Waals surface area contributed by atoms with Gasteiger partial charge < -0.3 is 0 Å². The topological polar surface area (TPSA) is 34.9 Å². The van der Waals surface area contributed by atoms with Crippen molar-refractivity contribution >= 4 is 23.6 Å².